The van der Waals surface area contributed by atoms with Crippen molar-refractivity contribution in [3.05, 3.63) is 0 Å². The molecule has 0 unspecified atom stereocenters. The van der Waals surface area contributed by atoms with Crippen molar-refractivity contribution in [1.82, 2.24) is 0 Å². The predicted molar refractivity (Wildman–Crippen MR) is 53.9 cm³/mol. The number of carbonyl (C=O) groups is 2. The average Bonchev–Trinajstić information content (AvgIpc) is 2.40. The second-order valence-electron chi connectivity index (χ2n) is 5.52. The summed E-state index contributed by atoms with van der Waals surface area (Å²) >= 11 is 0. The van der Waals surface area contributed by atoms with Gasteiger partial charge in [-0.1, -0.05) is 20.8 Å². The highest BCUT2D eigenvalue weighted by molar-refractivity contribution is 5.92. The Kier molecular flexibility index (Phi) is 1.89. The van der Waals surface area contributed by atoms with Gasteiger partial charge in [0, 0.05) is 24.2 Å². The molecule has 0 N–H and O–H groups in total. The maximum atomic E-state index is 11.9. The number of fused-ring (bicyclic) bond motifs is 1. The van der Waals surface area contributed by atoms with E-state index in [0.717, 1.165) is 12.8 Å². The molecule has 2 heteroatoms. The molecule has 0 amide bonds. The van der Waals surface area contributed by atoms with Gasteiger partial charge in [0.1, 0.15) is 11.6 Å². The molecule has 2 nitrogen and oxygen atoms in total. The third-order valence-corrected chi connectivity index (χ3v) is 4.83. The van der Waals surface area contributed by atoms with Crippen molar-refractivity contribution in [2.45, 2.75) is 46.5 Å². The quantitative estimate of drug-likeness (QED) is 0.593. The molecule has 0 spiro atoms. The molecule has 78 valence electrons. The molecule has 0 radical (unpaired) electrons. The molecular formula is C12H18O2. The number of hydrogen-bond acceptors (Lipinski definition) is 2. The fourth-order valence-corrected chi connectivity index (χ4v) is 3.22. The van der Waals surface area contributed by atoms with Crippen LogP contribution >= 0.6 is 0 Å². The van der Waals surface area contributed by atoms with Crippen molar-refractivity contribution in [2.24, 2.45) is 16.7 Å². The van der Waals surface area contributed by atoms with E-state index in [2.05, 4.69) is 6.92 Å². The maximum absolute atomic E-state index is 11.9. The lowest BCUT2D eigenvalue weighted by molar-refractivity contribution is -0.144. The van der Waals surface area contributed by atoms with Crippen LogP contribution in [0.4, 0.5) is 0 Å². The van der Waals surface area contributed by atoms with Crippen LogP contribution in [0.2, 0.25) is 0 Å². The molecule has 2 fully saturated rings. The van der Waals surface area contributed by atoms with Crippen LogP contribution in [0.15, 0.2) is 0 Å². The van der Waals surface area contributed by atoms with E-state index in [9.17, 15) is 9.59 Å². The van der Waals surface area contributed by atoms with Crippen molar-refractivity contribution in [3.8, 4) is 0 Å². The van der Waals surface area contributed by atoms with Gasteiger partial charge in [0.15, 0.2) is 0 Å². The maximum Gasteiger partial charge on any atom is 0.139 e. The Morgan fingerprint density at radius 2 is 1.79 bits per heavy atom. The highest BCUT2D eigenvalue weighted by Crippen LogP contribution is 2.58. The van der Waals surface area contributed by atoms with Gasteiger partial charge in [-0.2, -0.15) is 0 Å². The summed E-state index contributed by atoms with van der Waals surface area (Å²) in [7, 11) is 0. The summed E-state index contributed by atoms with van der Waals surface area (Å²) in [5.74, 6) is 0.870. The summed E-state index contributed by atoms with van der Waals surface area (Å²) in [5.41, 5.74) is -0.374. The monoisotopic (exact) mass is 194 g/mol. The first kappa shape index (κ1) is 9.88. The fourth-order valence-electron chi connectivity index (χ4n) is 3.22. The Labute approximate surface area is 85.1 Å². The van der Waals surface area contributed by atoms with Gasteiger partial charge in [-0.05, 0) is 18.3 Å². The molecule has 0 aliphatic heterocycles. The standard InChI is InChI=1S/C12H18O2/c1-11(2)10(14)5-4-8-9(13)6-7-12(8,11)3/h8H,4-7H2,1-3H3/t8-,12+/m0/s1. The van der Waals surface area contributed by atoms with Crippen LogP contribution in [0.5, 0.6) is 0 Å². The summed E-state index contributed by atoms with van der Waals surface area (Å²) in [6, 6.07) is 0. The lowest BCUT2D eigenvalue weighted by Crippen LogP contribution is -2.49. The van der Waals surface area contributed by atoms with Gasteiger partial charge in [-0.3, -0.25) is 9.59 Å². The molecule has 0 saturated heterocycles. The zero-order valence-corrected chi connectivity index (χ0v) is 9.22. The summed E-state index contributed by atoms with van der Waals surface area (Å²) in [5, 5.41) is 0. The van der Waals surface area contributed by atoms with Crippen molar-refractivity contribution in [3.63, 3.8) is 0 Å². The molecule has 0 bridgehead atoms. The van der Waals surface area contributed by atoms with Crippen LogP contribution in [-0.4, -0.2) is 11.6 Å². The van der Waals surface area contributed by atoms with Crippen LogP contribution in [0.3, 0.4) is 0 Å². The molecule has 2 aliphatic rings. The van der Waals surface area contributed by atoms with E-state index >= 15 is 0 Å². The zero-order chi connectivity index (χ0) is 10.6. The van der Waals surface area contributed by atoms with E-state index in [0.29, 0.717) is 24.4 Å². The SMILES string of the molecule is CC1(C)C(=O)CC[C@H]2C(=O)CC[C@]21C. The molecule has 2 rings (SSSR count). The molecule has 0 aromatic heterocycles. The summed E-state index contributed by atoms with van der Waals surface area (Å²) in [6.07, 6.45) is 2.96. The van der Waals surface area contributed by atoms with Crippen LogP contribution in [0.1, 0.15) is 46.5 Å². The normalized spacial score (nSPS) is 41.2. The van der Waals surface area contributed by atoms with Crippen LogP contribution in [-0.2, 0) is 9.59 Å². The van der Waals surface area contributed by atoms with Gasteiger partial charge in [0.25, 0.3) is 0 Å². The van der Waals surface area contributed by atoms with E-state index in [1.165, 1.54) is 0 Å². The van der Waals surface area contributed by atoms with Gasteiger partial charge in [0.2, 0.25) is 0 Å². The van der Waals surface area contributed by atoms with Gasteiger partial charge in [-0.15, -0.1) is 0 Å². The highest BCUT2D eigenvalue weighted by atomic mass is 16.1. The predicted octanol–water partition coefficient (Wildman–Crippen LogP) is 2.36. The summed E-state index contributed by atoms with van der Waals surface area (Å²) in [6.45, 7) is 6.15. The molecular weight excluding hydrogens is 176 g/mol. The Bertz CT molecular complexity index is 303. The van der Waals surface area contributed by atoms with Gasteiger partial charge in [0.05, 0.1) is 0 Å². The summed E-state index contributed by atoms with van der Waals surface area (Å²) < 4.78 is 0. The Morgan fingerprint density at radius 1 is 1.14 bits per heavy atom. The van der Waals surface area contributed by atoms with Crippen LogP contribution < -0.4 is 0 Å². The first-order valence-electron chi connectivity index (χ1n) is 5.45. The summed E-state index contributed by atoms with van der Waals surface area (Å²) in [4.78, 5) is 23.6. The number of hydrogen-bond donors (Lipinski definition) is 0. The number of Topliss-reactive ketones (excluding diaryl/α,β-unsaturated/α-hetero) is 2. The molecule has 14 heavy (non-hydrogen) atoms. The van der Waals surface area contributed by atoms with Crippen molar-refractivity contribution >= 4 is 11.6 Å². The first-order chi connectivity index (χ1) is 6.39. The van der Waals surface area contributed by atoms with Crippen molar-refractivity contribution in [2.75, 3.05) is 0 Å². The molecule has 2 atom stereocenters. The van der Waals surface area contributed by atoms with E-state index in [1.807, 2.05) is 13.8 Å². The topological polar surface area (TPSA) is 34.1 Å². The Morgan fingerprint density at radius 3 is 2.43 bits per heavy atom. The van der Waals surface area contributed by atoms with E-state index in [1.54, 1.807) is 0 Å². The third-order valence-electron chi connectivity index (χ3n) is 4.83. The molecule has 0 aromatic carbocycles. The lowest BCUT2D eigenvalue weighted by Gasteiger charge is -2.47. The largest absolute Gasteiger partial charge is 0.299 e. The van der Waals surface area contributed by atoms with E-state index in [-0.39, 0.29) is 16.7 Å². The molecule has 0 aromatic rings. The van der Waals surface area contributed by atoms with E-state index in [4.69, 9.17) is 0 Å². The molecule has 2 aliphatic carbocycles. The van der Waals surface area contributed by atoms with Crippen LogP contribution in [0.25, 0.3) is 0 Å². The van der Waals surface area contributed by atoms with Crippen molar-refractivity contribution in [1.29, 1.82) is 0 Å². The van der Waals surface area contributed by atoms with Gasteiger partial charge < -0.3 is 0 Å². The van der Waals surface area contributed by atoms with Gasteiger partial charge in [-0.25, -0.2) is 0 Å². The average molecular weight is 194 g/mol. The minimum atomic E-state index is -0.303. The fraction of sp³-hybridized carbons (Fsp3) is 0.833. The number of rotatable bonds is 0. The number of ketones is 2. The van der Waals surface area contributed by atoms with Crippen molar-refractivity contribution < 1.29 is 9.59 Å². The number of carbonyl (C=O) groups excluding carboxylic acids is 2. The minimum Gasteiger partial charge on any atom is -0.299 e. The lowest BCUT2D eigenvalue weighted by atomic mass is 9.54. The molecule has 2 saturated carbocycles. The first-order valence-corrected chi connectivity index (χ1v) is 5.45. The minimum absolute atomic E-state index is 0.0700. The van der Waals surface area contributed by atoms with E-state index < -0.39 is 0 Å². The zero-order valence-electron chi connectivity index (χ0n) is 9.22. The third kappa shape index (κ3) is 0.971. The Balaban J connectivity index is 2.43. The Hall–Kier alpha value is -0.660. The van der Waals surface area contributed by atoms with Gasteiger partial charge >= 0.3 is 0 Å². The smallest absolute Gasteiger partial charge is 0.139 e. The van der Waals surface area contributed by atoms with Crippen LogP contribution in [0, 0.1) is 16.7 Å². The second kappa shape index (κ2) is 2.68. The molecule has 0 heterocycles. The second-order valence-corrected chi connectivity index (χ2v) is 5.52. The highest BCUT2D eigenvalue weighted by Gasteiger charge is 2.58.